The molecule has 2 N–H and O–H groups in total. The summed E-state index contributed by atoms with van der Waals surface area (Å²) in [6.07, 6.45) is 4.10. The Labute approximate surface area is 149 Å². The first-order valence-corrected chi connectivity index (χ1v) is 8.32. The third-order valence-electron chi connectivity index (χ3n) is 3.40. The highest BCUT2D eigenvalue weighted by molar-refractivity contribution is 14.0. The fraction of sp³-hybridized carbons (Fsp3) is 0.562. The number of nitrogens with zero attached hydrogens (tertiary/aromatic N) is 1. The Morgan fingerprint density at radius 2 is 2.00 bits per heavy atom. The lowest BCUT2D eigenvalue weighted by atomic mass is 10.3. The van der Waals surface area contributed by atoms with Gasteiger partial charge in [-0.1, -0.05) is 38.0 Å². The molecule has 1 unspecified atom stereocenters. The summed E-state index contributed by atoms with van der Waals surface area (Å²) < 4.78 is 0. The first-order chi connectivity index (χ1) is 9.78. The molecule has 0 amide bonds. The maximum atomic E-state index is 4.27. The molecule has 118 valence electrons. The second-order valence-electron chi connectivity index (χ2n) is 5.35. The standard InChI is InChI=1S/C16H25N3S.HI/c1-13(20-15-6-4-3-5-7-15)12-19-16(17-2)18-11-10-14-8-9-14;/h3-7,13-14H,8-12H2,1-2H3,(H2,17,18,19);1H. The van der Waals surface area contributed by atoms with E-state index in [9.17, 15) is 0 Å². The maximum absolute atomic E-state index is 4.27. The van der Waals surface area contributed by atoms with Gasteiger partial charge in [0.2, 0.25) is 0 Å². The minimum Gasteiger partial charge on any atom is -0.356 e. The Morgan fingerprint density at radius 3 is 2.62 bits per heavy atom. The molecule has 2 rings (SSSR count). The predicted molar refractivity (Wildman–Crippen MR) is 104 cm³/mol. The summed E-state index contributed by atoms with van der Waals surface area (Å²) in [7, 11) is 1.83. The van der Waals surface area contributed by atoms with Crippen LogP contribution >= 0.6 is 35.7 Å². The van der Waals surface area contributed by atoms with E-state index in [1.807, 2.05) is 18.8 Å². The van der Waals surface area contributed by atoms with Gasteiger partial charge in [-0.15, -0.1) is 35.7 Å². The summed E-state index contributed by atoms with van der Waals surface area (Å²) in [5, 5.41) is 7.30. The van der Waals surface area contributed by atoms with E-state index >= 15 is 0 Å². The number of halogens is 1. The van der Waals surface area contributed by atoms with E-state index in [1.54, 1.807) is 0 Å². The highest BCUT2D eigenvalue weighted by atomic mass is 127. The molecule has 1 aliphatic rings. The Bertz CT molecular complexity index is 421. The Kier molecular flexibility index (Phi) is 9.15. The fourth-order valence-corrected chi connectivity index (χ4v) is 2.98. The molecule has 1 aromatic rings. The molecule has 1 saturated carbocycles. The van der Waals surface area contributed by atoms with Crippen LogP contribution in [0.2, 0.25) is 0 Å². The van der Waals surface area contributed by atoms with Gasteiger partial charge in [0.1, 0.15) is 0 Å². The van der Waals surface area contributed by atoms with Crippen LogP contribution in [0.5, 0.6) is 0 Å². The average Bonchev–Trinajstić information content (AvgIpc) is 3.28. The van der Waals surface area contributed by atoms with Crippen LogP contribution in [0.1, 0.15) is 26.2 Å². The van der Waals surface area contributed by atoms with E-state index in [0.29, 0.717) is 5.25 Å². The van der Waals surface area contributed by atoms with Crippen molar-refractivity contribution in [1.29, 1.82) is 0 Å². The molecule has 0 radical (unpaired) electrons. The third-order valence-corrected chi connectivity index (χ3v) is 4.52. The molecule has 0 aliphatic heterocycles. The van der Waals surface area contributed by atoms with Gasteiger partial charge in [0.15, 0.2) is 5.96 Å². The van der Waals surface area contributed by atoms with Crippen molar-refractivity contribution in [2.24, 2.45) is 10.9 Å². The topological polar surface area (TPSA) is 36.4 Å². The van der Waals surface area contributed by atoms with Crippen molar-refractivity contribution in [3.8, 4) is 0 Å². The SMILES string of the molecule is CN=C(NCCC1CC1)NCC(C)Sc1ccccc1.I. The van der Waals surface area contributed by atoms with E-state index in [0.717, 1.165) is 25.0 Å². The molecule has 0 aromatic heterocycles. The number of benzene rings is 1. The zero-order chi connectivity index (χ0) is 14.2. The Hall–Kier alpha value is -0.430. The smallest absolute Gasteiger partial charge is 0.191 e. The van der Waals surface area contributed by atoms with Gasteiger partial charge in [0.05, 0.1) is 0 Å². The summed E-state index contributed by atoms with van der Waals surface area (Å²) in [5.74, 6) is 1.89. The van der Waals surface area contributed by atoms with Gasteiger partial charge in [-0.25, -0.2) is 0 Å². The number of hydrogen-bond donors (Lipinski definition) is 2. The van der Waals surface area contributed by atoms with E-state index in [-0.39, 0.29) is 24.0 Å². The molecule has 1 aliphatic carbocycles. The predicted octanol–water partition coefficient (Wildman–Crippen LogP) is 3.75. The molecule has 1 atom stereocenters. The minimum absolute atomic E-state index is 0. The van der Waals surface area contributed by atoms with E-state index in [1.165, 1.54) is 24.2 Å². The number of hydrogen-bond acceptors (Lipinski definition) is 2. The lowest BCUT2D eigenvalue weighted by molar-refractivity contribution is 0.683. The van der Waals surface area contributed by atoms with Crippen molar-refractivity contribution in [2.45, 2.75) is 36.3 Å². The summed E-state index contributed by atoms with van der Waals surface area (Å²) in [4.78, 5) is 5.59. The van der Waals surface area contributed by atoms with Crippen LogP contribution in [0.25, 0.3) is 0 Å². The molecule has 0 saturated heterocycles. The second-order valence-corrected chi connectivity index (χ2v) is 6.87. The molecule has 5 heteroatoms. The van der Waals surface area contributed by atoms with Crippen molar-refractivity contribution >= 4 is 41.7 Å². The lowest BCUT2D eigenvalue weighted by Gasteiger charge is -2.15. The molecule has 0 spiro atoms. The maximum Gasteiger partial charge on any atom is 0.191 e. The van der Waals surface area contributed by atoms with E-state index < -0.39 is 0 Å². The van der Waals surface area contributed by atoms with E-state index in [4.69, 9.17) is 0 Å². The van der Waals surface area contributed by atoms with Crippen LogP contribution in [0.15, 0.2) is 40.2 Å². The number of guanidine groups is 1. The molecule has 0 heterocycles. The average molecular weight is 419 g/mol. The van der Waals surface area contributed by atoms with Crippen molar-refractivity contribution in [2.75, 3.05) is 20.1 Å². The summed E-state index contributed by atoms with van der Waals surface area (Å²) in [6.45, 7) is 4.19. The molecule has 1 aromatic carbocycles. The van der Waals surface area contributed by atoms with Crippen LogP contribution < -0.4 is 10.6 Å². The zero-order valence-corrected chi connectivity index (χ0v) is 16.0. The van der Waals surface area contributed by atoms with Gasteiger partial charge in [0.25, 0.3) is 0 Å². The number of aliphatic imine (C=N–C) groups is 1. The molecular formula is C16H26IN3S. The van der Waals surface area contributed by atoms with Gasteiger partial charge < -0.3 is 10.6 Å². The number of nitrogens with one attached hydrogen (secondary N) is 2. The van der Waals surface area contributed by atoms with Crippen molar-refractivity contribution in [3.63, 3.8) is 0 Å². The Balaban J connectivity index is 0.00000220. The first kappa shape index (κ1) is 18.6. The van der Waals surface area contributed by atoms with Gasteiger partial charge in [-0.3, -0.25) is 4.99 Å². The van der Waals surface area contributed by atoms with Crippen molar-refractivity contribution < 1.29 is 0 Å². The molecule has 0 bridgehead atoms. The quantitative estimate of drug-likeness (QED) is 0.306. The van der Waals surface area contributed by atoms with Crippen LogP contribution in [0.3, 0.4) is 0 Å². The zero-order valence-electron chi connectivity index (χ0n) is 12.8. The van der Waals surface area contributed by atoms with Gasteiger partial charge in [0, 0.05) is 30.3 Å². The number of rotatable bonds is 7. The summed E-state index contributed by atoms with van der Waals surface area (Å²) >= 11 is 1.89. The van der Waals surface area contributed by atoms with Crippen LogP contribution in [0, 0.1) is 5.92 Å². The largest absolute Gasteiger partial charge is 0.356 e. The summed E-state index contributed by atoms with van der Waals surface area (Å²) in [6, 6.07) is 10.5. The number of thioether (sulfide) groups is 1. The minimum atomic E-state index is 0. The van der Waals surface area contributed by atoms with Crippen LogP contribution in [0.4, 0.5) is 0 Å². The van der Waals surface area contributed by atoms with Crippen molar-refractivity contribution in [1.82, 2.24) is 10.6 Å². The van der Waals surface area contributed by atoms with Crippen molar-refractivity contribution in [3.05, 3.63) is 30.3 Å². The van der Waals surface area contributed by atoms with Gasteiger partial charge in [-0.05, 0) is 24.5 Å². The van der Waals surface area contributed by atoms with E-state index in [2.05, 4.69) is 52.9 Å². The molecule has 3 nitrogen and oxygen atoms in total. The normalized spacial score (nSPS) is 16.0. The highest BCUT2D eigenvalue weighted by Crippen LogP contribution is 2.31. The molecule has 1 fully saturated rings. The Morgan fingerprint density at radius 1 is 1.29 bits per heavy atom. The first-order valence-electron chi connectivity index (χ1n) is 7.44. The second kappa shape index (κ2) is 10.3. The lowest BCUT2D eigenvalue weighted by Crippen LogP contribution is -2.40. The third kappa shape index (κ3) is 7.95. The fourth-order valence-electron chi connectivity index (χ4n) is 2.04. The van der Waals surface area contributed by atoms with Crippen LogP contribution in [-0.4, -0.2) is 31.3 Å². The molecule has 21 heavy (non-hydrogen) atoms. The monoisotopic (exact) mass is 419 g/mol. The van der Waals surface area contributed by atoms with Crippen LogP contribution in [-0.2, 0) is 0 Å². The highest BCUT2D eigenvalue weighted by Gasteiger charge is 2.20. The van der Waals surface area contributed by atoms with Gasteiger partial charge in [-0.2, -0.15) is 0 Å². The summed E-state index contributed by atoms with van der Waals surface area (Å²) in [5.41, 5.74) is 0. The van der Waals surface area contributed by atoms with Gasteiger partial charge >= 0.3 is 0 Å². The molecular weight excluding hydrogens is 393 g/mol.